The minimum absolute atomic E-state index is 0.0672. The third-order valence-electron chi connectivity index (χ3n) is 9.09. The average Bonchev–Trinajstić information content (AvgIpc) is 3.61. The van der Waals surface area contributed by atoms with Crippen LogP contribution in [0, 0.1) is 11.8 Å². The number of carbonyl (C=O) groups is 3. The van der Waals surface area contributed by atoms with Gasteiger partial charge >= 0.3 is 0 Å². The van der Waals surface area contributed by atoms with E-state index < -0.39 is 29.6 Å². The number of carbonyl (C=O) groups excluding carboxylic acids is 3. The number of amides is 3. The zero-order valence-corrected chi connectivity index (χ0v) is 27.2. The van der Waals surface area contributed by atoms with Crippen LogP contribution in [0.1, 0.15) is 46.5 Å². The number of nitrogens with one attached hydrogen (secondary N) is 2. The predicted molar refractivity (Wildman–Crippen MR) is 173 cm³/mol. The number of alkyl halides is 1. The molecule has 3 aliphatic rings. The van der Waals surface area contributed by atoms with Crippen molar-refractivity contribution in [1.29, 1.82) is 0 Å². The number of rotatable bonds is 14. The summed E-state index contributed by atoms with van der Waals surface area (Å²) in [7, 11) is 0. The number of hydrogen-bond donors (Lipinski definition) is 3. The Balaban J connectivity index is 1.41. The summed E-state index contributed by atoms with van der Waals surface area (Å²) in [4.78, 5) is 45.7. The highest BCUT2D eigenvalue weighted by Gasteiger charge is 2.76. The number of nitrogens with zero attached hydrogens (tertiary/aromatic N) is 2. The van der Waals surface area contributed by atoms with Crippen molar-refractivity contribution in [1.82, 2.24) is 4.90 Å². The number of halogens is 1. The molecule has 3 unspecified atom stereocenters. The Bertz CT molecular complexity index is 1320. The number of ether oxygens (including phenoxy) is 2. The maximum absolute atomic E-state index is 14.2. The van der Waals surface area contributed by atoms with Crippen molar-refractivity contribution in [3.8, 4) is 5.75 Å². The van der Waals surface area contributed by atoms with E-state index in [4.69, 9.17) is 9.47 Å². The van der Waals surface area contributed by atoms with Crippen LogP contribution in [-0.4, -0.2) is 83.2 Å². The van der Waals surface area contributed by atoms with E-state index in [1.165, 1.54) is 0 Å². The fourth-order valence-corrected chi connectivity index (χ4v) is 8.07. The van der Waals surface area contributed by atoms with Gasteiger partial charge < -0.3 is 35.0 Å². The molecule has 0 aliphatic carbocycles. The predicted octanol–water partition coefficient (Wildman–Crippen LogP) is 4.42. The molecule has 44 heavy (non-hydrogen) atoms. The summed E-state index contributed by atoms with van der Waals surface area (Å²) in [6, 6.07) is 13.9. The standard InChI is InChI=1S/C33H43BrN4O6/c1-4-37(5-2)23-14-10-21(11-15-23)36-31(41)29-33-20-25(34)28(44-33)26(27(33)32(42)38(29)18-8-7-9-19-39)30(40)35-22-12-16-24(17-13-22)43-6-3/h10-17,25-29,39H,4-9,18-20H2,1-3H3,(H,35,40)(H,36,41)/t25?,26-,27+,28-,29?,33?/m1/s1. The molecule has 0 saturated carbocycles. The topological polar surface area (TPSA) is 120 Å². The molecule has 5 rings (SSSR count). The second kappa shape index (κ2) is 13.9. The summed E-state index contributed by atoms with van der Waals surface area (Å²) in [5.74, 6) is -1.73. The Hall–Kier alpha value is -3.15. The van der Waals surface area contributed by atoms with Gasteiger partial charge in [0.25, 0.3) is 0 Å². The molecule has 238 valence electrons. The summed E-state index contributed by atoms with van der Waals surface area (Å²) in [6.07, 6.45) is 1.84. The molecule has 11 heteroatoms. The first-order chi connectivity index (χ1) is 21.3. The van der Waals surface area contributed by atoms with Crippen molar-refractivity contribution in [3.05, 3.63) is 48.5 Å². The van der Waals surface area contributed by atoms with Crippen molar-refractivity contribution >= 4 is 50.7 Å². The van der Waals surface area contributed by atoms with Crippen LogP contribution >= 0.6 is 15.9 Å². The zero-order valence-electron chi connectivity index (χ0n) is 25.6. The van der Waals surface area contributed by atoms with Gasteiger partial charge in [-0.15, -0.1) is 0 Å². The van der Waals surface area contributed by atoms with Crippen LogP contribution in [0.2, 0.25) is 0 Å². The van der Waals surface area contributed by atoms with Gasteiger partial charge in [0.2, 0.25) is 17.7 Å². The van der Waals surface area contributed by atoms with Crippen LogP contribution in [0.25, 0.3) is 0 Å². The molecule has 3 aliphatic heterocycles. The summed E-state index contributed by atoms with van der Waals surface area (Å²) >= 11 is 3.72. The van der Waals surface area contributed by atoms with Gasteiger partial charge in [0.1, 0.15) is 17.4 Å². The first-order valence-corrected chi connectivity index (χ1v) is 16.6. The number of unbranched alkanes of at least 4 members (excludes halogenated alkanes) is 2. The average molecular weight is 672 g/mol. The summed E-state index contributed by atoms with van der Waals surface area (Å²) < 4.78 is 12.1. The molecule has 10 nitrogen and oxygen atoms in total. The van der Waals surface area contributed by atoms with Gasteiger partial charge in [-0.05, 0) is 95.0 Å². The third kappa shape index (κ3) is 6.06. The van der Waals surface area contributed by atoms with Gasteiger partial charge in [-0.1, -0.05) is 15.9 Å². The summed E-state index contributed by atoms with van der Waals surface area (Å²) in [5.41, 5.74) is 1.15. The maximum Gasteiger partial charge on any atom is 0.250 e. The molecule has 0 aromatic heterocycles. The molecule has 0 radical (unpaired) electrons. The molecule has 6 atom stereocenters. The minimum Gasteiger partial charge on any atom is -0.494 e. The van der Waals surface area contributed by atoms with Crippen LogP contribution in [0.5, 0.6) is 5.75 Å². The number of anilines is 3. The molecule has 3 heterocycles. The molecule has 3 amide bonds. The van der Waals surface area contributed by atoms with Crippen molar-refractivity contribution in [3.63, 3.8) is 0 Å². The molecule has 3 fully saturated rings. The molecular formula is C33H43BrN4O6. The highest BCUT2D eigenvalue weighted by Crippen LogP contribution is 2.60. The second-order valence-electron chi connectivity index (χ2n) is 11.6. The Morgan fingerprint density at radius 3 is 2.25 bits per heavy atom. The number of benzene rings is 2. The molecule has 2 aromatic rings. The fourth-order valence-electron chi connectivity index (χ4n) is 7.12. The van der Waals surface area contributed by atoms with E-state index in [-0.39, 0.29) is 29.2 Å². The number of aliphatic hydroxyl groups is 1. The molecule has 3 saturated heterocycles. The van der Waals surface area contributed by atoms with E-state index in [0.29, 0.717) is 56.0 Å². The van der Waals surface area contributed by atoms with E-state index in [0.717, 1.165) is 18.8 Å². The molecule has 2 bridgehead atoms. The van der Waals surface area contributed by atoms with E-state index in [9.17, 15) is 19.5 Å². The summed E-state index contributed by atoms with van der Waals surface area (Å²) in [6.45, 7) is 8.80. The van der Waals surface area contributed by atoms with Crippen LogP contribution in [0.15, 0.2) is 48.5 Å². The zero-order chi connectivity index (χ0) is 31.4. The Kier molecular flexibility index (Phi) is 10.2. The highest BCUT2D eigenvalue weighted by atomic mass is 79.9. The van der Waals surface area contributed by atoms with Crippen molar-refractivity contribution in [2.75, 3.05) is 48.4 Å². The smallest absolute Gasteiger partial charge is 0.250 e. The Morgan fingerprint density at radius 1 is 1.00 bits per heavy atom. The van der Waals surface area contributed by atoms with Gasteiger partial charge in [-0.25, -0.2) is 0 Å². The monoisotopic (exact) mass is 670 g/mol. The van der Waals surface area contributed by atoms with Gasteiger partial charge in [-0.2, -0.15) is 0 Å². The number of aliphatic hydroxyl groups excluding tert-OH is 1. The van der Waals surface area contributed by atoms with E-state index in [1.807, 2.05) is 31.2 Å². The van der Waals surface area contributed by atoms with Crippen LogP contribution in [-0.2, 0) is 19.1 Å². The number of fused-ring (bicyclic) bond motifs is 1. The number of likely N-dealkylation sites (tertiary alicyclic amines) is 1. The van der Waals surface area contributed by atoms with Crippen molar-refractivity contribution < 1.29 is 29.0 Å². The van der Waals surface area contributed by atoms with Crippen LogP contribution in [0.3, 0.4) is 0 Å². The van der Waals surface area contributed by atoms with Gasteiger partial charge in [0.05, 0.1) is 24.5 Å². The molecule has 3 N–H and O–H groups in total. The number of hydrogen-bond acceptors (Lipinski definition) is 7. The normalized spacial score (nSPS) is 26.9. The van der Waals surface area contributed by atoms with Crippen LogP contribution < -0.4 is 20.3 Å². The lowest BCUT2D eigenvalue weighted by atomic mass is 9.70. The van der Waals surface area contributed by atoms with Gasteiger partial charge in [0.15, 0.2) is 0 Å². The molecular weight excluding hydrogens is 628 g/mol. The largest absolute Gasteiger partial charge is 0.494 e. The molecule has 2 aromatic carbocycles. The maximum atomic E-state index is 14.2. The fraction of sp³-hybridized carbons (Fsp3) is 0.545. The first kappa shape index (κ1) is 32.2. The minimum atomic E-state index is -1.14. The quantitative estimate of drug-likeness (QED) is 0.201. The molecule has 1 spiro atoms. The van der Waals surface area contributed by atoms with Crippen molar-refractivity contribution in [2.45, 2.75) is 69.0 Å². The van der Waals surface area contributed by atoms with E-state index in [2.05, 4.69) is 45.3 Å². The first-order valence-electron chi connectivity index (χ1n) is 15.7. The van der Waals surface area contributed by atoms with Gasteiger partial charge in [0, 0.05) is 48.1 Å². The SMILES string of the molecule is CCOc1ccc(NC(=O)[C@H]2[C@@H]3OC4(CC3Br)C(C(=O)Nc3ccc(N(CC)CC)cc3)N(CCCCCO)C(=O)[C@H]24)cc1. The van der Waals surface area contributed by atoms with E-state index >= 15 is 0 Å². The Labute approximate surface area is 267 Å². The van der Waals surface area contributed by atoms with Crippen molar-refractivity contribution in [2.24, 2.45) is 11.8 Å². The lowest BCUT2D eigenvalue weighted by molar-refractivity contribution is -0.139. The summed E-state index contributed by atoms with van der Waals surface area (Å²) in [5, 5.41) is 15.3. The van der Waals surface area contributed by atoms with Gasteiger partial charge in [-0.3, -0.25) is 14.4 Å². The lowest BCUT2D eigenvalue weighted by Crippen LogP contribution is -2.54. The van der Waals surface area contributed by atoms with Crippen LogP contribution in [0.4, 0.5) is 17.1 Å². The lowest BCUT2D eigenvalue weighted by Gasteiger charge is -2.34. The second-order valence-corrected chi connectivity index (χ2v) is 12.8. The highest BCUT2D eigenvalue weighted by molar-refractivity contribution is 9.09. The Morgan fingerprint density at radius 2 is 1.64 bits per heavy atom. The van der Waals surface area contributed by atoms with E-state index in [1.54, 1.807) is 29.2 Å². The third-order valence-corrected chi connectivity index (χ3v) is 9.94.